The monoisotopic (exact) mass is 436 g/mol. The number of amides is 1. The van der Waals surface area contributed by atoms with Crippen molar-refractivity contribution < 1.29 is 13.2 Å². The van der Waals surface area contributed by atoms with Crippen LogP contribution in [0.2, 0.25) is 0 Å². The zero-order chi connectivity index (χ0) is 18.7. The summed E-state index contributed by atoms with van der Waals surface area (Å²) >= 11 is 3.36. The maximum Gasteiger partial charge on any atom is 0.255 e. The Balaban J connectivity index is 1.76. The molecule has 7 heteroatoms. The Labute approximate surface area is 162 Å². The highest BCUT2D eigenvalue weighted by Crippen LogP contribution is 2.25. The van der Waals surface area contributed by atoms with Crippen LogP contribution in [-0.2, 0) is 10.0 Å². The van der Waals surface area contributed by atoms with Crippen LogP contribution in [0.3, 0.4) is 0 Å². The van der Waals surface area contributed by atoms with Gasteiger partial charge in [-0.15, -0.1) is 0 Å². The minimum absolute atomic E-state index is 0.00764. The van der Waals surface area contributed by atoms with E-state index in [-0.39, 0.29) is 16.8 Å². The van der Waals surface area contributed by atoms with E-state index in [9.17, 15) is 13.2 Å². The Morgan fingerprint density at radius 3 is 2.54 bits per heavy atom. The second-order valence-corrected chi connectivity index (χ2v) is 9.26. The van der Waals surface area contributed by atoms with Gasteiger partial charge in [0.05, 0.1) is 4.90 Å². The summed E-state index contributed by atoms with van der Waals surface area (Å²) in [5.41, 5.74) is 1.08. The minimum atomic E-state index is -3.52. The molecule has 26 heavy (non-hydrogen) atoms. The van der Waals surface area contributed by atoms with Crippen molar-refractivity contribution in [2.75, 3.05) is 11.9 Å². The highest BCUT2D eigenvalue weighted by atomic mass is 79.9. The van der Waals surface area contributed by atoms with Crippen LogP contribution in [0.15, 0.2) is 57.9 Å². The average molecular weight is 437 g/mol. The normalized spacial score (nSPS) is 18.5. The summed E-state index contributed by atoms with van der Waals surface area (Å²) < 4.78 is 28.1. The predicted octanol–water partition coefficient (Wildman–Crippen LogP) is 4.26. The van der Waals surface area contributed by atoms with Crippen LogP contribution in [0.5, 0.6) is 0 Å². The highest BCUT2D eigenvalue weighted by molar-refractivity contribution is 9.10. The maximum absolute atomic E-state index is 12.8. The van der Waals surface area contributed by atoms with Gasteiger partial charge in [0, 0.05) is 28.3 Å². The number of benzene rings is 2. The molecule has 0 saturated carbocycles. The zero-order valence-corrected chi connectivity index (χ0v) is 16.9. The molecule has 1 amide bonds. The fraction of sp³-hybridized carbons (Fsp3) is 0.316. The molecule has 0 radical (unpaired) electrons. The molecule has 0 aromatic heterocycles. The SMILES string of the molecule is CC1CCCCN1S(=O)(=O)c1ccc(C(=O)Nc2cccc(Br)c2)cc1. The van der Waals surface area contributed by atoms with Crippen molar-refractivity contribution in [1.82, 2.24) is 4.31 Å². The van der Waals surface area contributed by atoms with Gasteiger partial charge in [0.25, 0.3) is 5.91 Å². The molecule has 1 aliphatic rings. The van der Waals surface area contributed by atoms with E-state index in [0.717, 1.165) is 23.7 Å². The zero-order valence-electron chi connectivity index (χ0n) is 14.5. The second-order valence-electron chi connectivity index (χ2n) is 6.45. The van der Waals surface area contributed by atoms with Gasteiger partial charge in [-0.3, -0.25) is 4.79 Å². The second kappa shape index (κ2) is 7.90. The molecule has 138 valence electrons. The third-order valence-corrected chi connectivity index (χ3v) is 7.07. The Bertz CT molecular complexity index is 897. The van der Waals surface area contributed by atoms with Gasteiger partial charge < -0.3 is 5.32 Å². The molecule has 1 fully saturated rings. The lowest BCUT2D eigenvalue weighted by molar-refractivity contribution is 0.102. The van der Waals surface area contributed by atoms with Crippen LogP contribution in [0.25, 0.3) is 0 Å². The molecule has 0 spiro atoms. The van der Waals surface area contributed by atoms with Crippen molar-refractivity contribution in [3.05, 3.63) is 58.6 Å². The van der Waals surface area contributed by atoms with Gasteiger partial charge in [0.15, 0.2) is 0 Å². The summed E-state index contributed by atoms with van der Waals surface area (Å²) in [4.78, 5) is 12.6. The Morgan fingerprint density at radius 2 is 1.88 bits per heavy atom. The molecule has 1 N–H and O–H groups in total. The summed E-state index contributed by atoms with van der Waals surface area (Å²) in [6, 6.07) is 13.4. The number of carbonyl (C=O) groups excluding carboxylic acids is 1. The van der Waals surface area contributed by atoms with E-state index in [1.165, 1.54) is 12.1 Å². The molecule has 0 aliphatic carbocycles. The number of rotatable bonds is 4. The summed E-state index contributed by atoms with van der Waals surface area (Å²) in [6.07, 6.45) is 2.82. The fourth-order valence-corrected chi connectivity index (χ4v) is 5.21. The molecule has 5 nitrogen and oxygen atoms in total. The molecule has 3 rings (SSSR count). The van der Waals surface area contributed by atoms with E-state index < -0.39 is 10.0 Å². The largest absolute Gasteiger partial charge is 0.322 e. The van der Waals surface area contributed by atoms with Crippen molar-refractivity contribution in [3.8, 4) is 0 Å². The van der Waals surface area contributed by atoms with E-state index in [4.69, 9.17) is 0 Å². The van der Waals surface area contributed by atoms with Gasteiger partial charge >= 0.3 is 0 Å². The Hall–Kier alpha value is -1.70. The first-order valence-corrected chi connectivity index (χ1v) is 10.8. The number of anilines is 1. The lowest BCUT2D eigenvalue weighted by atomic mass is 10.1. The van der Waals surface area contributed by atoms with Gasteiger partial charge in [-0.05, 0) is 62.2 Å². The number of halogens is 1. The van der Waals surface area contributed by atoms with Gasteiger partial charge in [-0.25, -0.2) is 8.42 Å². The van der Waals surface area contributed by atoms with Crippen molar-refractivity contribution in [2.24, 2.45) is 0 Å². The number of hydrogen-bond acceptors (Lipinski definition) is 3. The first-order chi connectivity index (χ1) is 12.4. The summed E-state index contributed by atoms with van der Waals surface area (Å²) in [7, 11) is -3.52. The predicted molar refractivity (Wildman–Crippen MR) is 106 cm³/mol. The average Bonchev–Trinajstić information content (AvgIpc) is 2.62. The third kappa shape index (κ3) is 4.16. The number of nitrogens with one attached hydrogen (secondary N) is 1. The standard InChI is InChI=1S/C19H21BrN2O3S/c1-14-5-2-3-12-22(14)26(24,25)18-10-8-15(9-11-18)19(23)21-17-7-4-6-16(20)13-17/h4,6-11,13-14H,2-3,5,12H2,1H3,(H,21,23). The van der Waals surface area contributed by atoms with Gasteiger partial charge in [-0.2, -0.15) is 4.31 Å². The fourth-order valence-electron chi connectivity index (χ4n) is 3.11. The molecule has 1 saturated heterocycles. The molecule has 1 aliphatic heterocycles. The molecule has 1 heterocycles. The Kier molecular flexibility index (Phi) is 5.79. The van der Waals surface area contributed by atoms with Crippen LogP contribution in [0, 0.1) is 0 Å². The van der Waals surface area contributed by atoms with Gasteiger partial charge in [0.1, 0.15) is 0 Å². The third-order valence-electron chi connectivity index (χ3n) is 4.55. The van der Waals surface area contributed by atoms with E-state index in [2.05, 4.69) is 21.2 Å². The summed E-state index contributed by atoms with van der Waals surface area (Å²) in [6.45, 7) is 2.49. The topological polar surface area (TPSA) is 66.5 Å². The molecule has 2 aromatic rings. The van der Waals surface area contributed by atoms with Gasteiger partial charge in [-0.1, -0.05) is 28.4 Å². The van der Waals surface area contributed by atoms with Crippen LogP contribution >= 0.6 is 15.9 Å². The van der Waals surface area contributed by atoms with Crippen molar-refractivity contribution in [1.29, 1.82) is 0 Å². The summed E-state index contributed by atoms with van der Waals surface area (Å²) in [5, 5.41) is 2.80. The van der Waals surface area contributed by atoms with Crippen LogP contribution in [0.1, 0.15) is 36.5 Å². The quantitative estimate of drug-likeness (QED) is 0.777. The van der Waals surface area contributed by atoms with Crippen molar-refractivity contribution in [3.63, 3.8) is 0 Å². The van der Waals surface area contributed by atoms with Gasteiger partial charge in [0.2, 0.25) is 10.0 Å². The first kappa shape index (κ1) is 19.1. The molecular formula is C19H21BrN2O3S. The van der Waals surface area contributed by atoms with Crippen LogP contribution < -0.4 is 5.32 Å². The number of carbonyl (C=O) groups is 1. The lowest BCUT2D eigenvalue weighted by Crippen LogP contribution is -2.41. The Morgan fingerprint density at radius 1 is 1.15 bits per heavy atom. The molecular weight excluding hydrogens is 416 g/mol. The van der Waals surface area contributed by atoms with Crippen molar-refractivity contribution >= 4 is 37.5 Å². The summed E-state index contributed by atoms with van der Waals surface area (Å²) in [5.74, 6) is -0.279. The molecule has 1 unspecified atom stereocenters. The number of hydrogen-bond donors (Lipinski definition) is 1. The number of sulfonamides is 1. The van der Waals surface area contributed by atoms with E-state index in [1.807, 2.05) is 19.1 Å². The van der Waals surface area contributed by atoms with E-state index in [0.29, 0.717) is 17.8 Å². The number of nitrogens with zero attached hydrogens (tertiary/aromatic N) is 1. The molecule has 2 aromatic carbocycles. The van der Waals surface area contributed by atoms with E-state index in [1.54, 1.807) is 28.6 Å². The van der Waals surface area contributed by atoms with Crippen LogP contribution in [0.4, 0.5) is 5.69 Å². The minimum Gasteiger partial charge on any atom is -0.322 e. The lowest BCUT2D eigenvalue weighted by Gasteiger charge is -2.32. The highest BCUT2D eigenvalue weighted by Gasteiger charge is 2.30. The first-order valence-electron chi connectivity index (χ1n) is 8.57. The molecule has 0 bridgehead atoms. The van der Waals surface area contributed by atoms with Crippen LogP contribution in [-0.4, -0.2) is 31.2 Å². The molecule has 1 atom stereocenters. The smallest absolute Gasteiger partial charge is 0.255 e. The number of piperidine rings is 1. The van der Waals surface area contributed by atoms with E-state index >= 15 is 0 Å². The maximum atomic E-state index is 12.8. The van der Waals surface area contributed by atoms with Crippen molar-refractivity contribution in [2.45, 2.75) is 37.1 Å².